The molecule has 0 amide bonds. The van der Waals surface area contributed by atoms with E-state index in [2.05, 4.69) is 11.6 Å². The van der Waals surface area contributed by atoms with Crippen LogP contribution in [-0.2, 0) is 0 Å². The first-order valence-corrected chi connectivity index (χ1v) is 5.71. The van der Waals surface area contributed by atoms with Gasteiger partial charge in [-0.05, 0) is 25.5 Å². The maximum atomic E-state index is 5.57. The molecular formula is C12H13NOS. The molecular weight excluding hydrogens is 206 g/mol. The van der Waals surface area contributed by atoms with Gasteiger partial charge in [0, 0.05) is 0 Å². The fourth-order valence-corrected chi connectivity index (χ4v) is 2.41. The summed E-state index contributed by atoms with van der Waals surface area (Å²) < 4.78 is 6.71. The Bertz CT molecular complexity index is 487. The van der Waals surface area contributed by atoms with Gasteiger partial charge in [-0.3, -0.25) is 0 Å². The van der Waals surface area contributed by atoms with Crippen LogP contribution in [-0.4, -0.2) is 11.1 Å². The number of fused-ring (bicyclic) bond motifs is 1. The molecule has 1 heterocycles. The molecule has 0 aliphatic carbocycles. The SMILES string of the molecule is C=Cc1cccc2nc(OC(C)C)sc12. The first kappa shape index (κ1) is 10.2. The zero-order chi connectivity index (χ0) is 10.8. The van der Waals surface area contributed by atoms with Gasteiger partial charge in [0.1, 0.15) is 0 Å². The van der Waals surface area contributed by atoms with Crippen LogP contribution in [0.2, 0.25) is 0 Å². The van der Waals surface area contributed by atoms with Crippen LogP contribution in [0, 0.1) is 0 Å². The van der Waals surface area contributed by atoms with Gasteiger partial charge in [-0.15, -0.1) is 0 Å². The van der Waals surface area contributed by atoms with Gasteiger partial charge in [0.05, 0.1) is 16.3 Å². The molecule has 0 atom stereocenters. The van der Waals surface area contributed by atoms with E-state index in [1.165, 1.54) is 0 Å². The fourth-order valence-electron chi connectivity index (χ4n) is 1.36. The average molecular weight is 219 g/mol. The van der Waals surface area contributed by atoms with Gasteiger partial charge in [-0.2, -0.15) is 0 Å². The number of nitrogens with zero attached hydrogens (tertiary/aromatic N) is 1. The van der Waals surface area contributed by atoms with E-state index in [0.29, 0.717) is 0 Å². The van der Waals surface area contributed by atoms with Gasteiger partial charge in [-0.25, -0.2) is 4.98 Å². The van der Waals surface area contributed by atoms with Gasteiger partial charge < -0.3 is 4.74 Å². The molecule has 15 heavy (non-hydrogen) atoms. The molecule has 2 rings (SSSR count). The van der Waals surface area contributed by atoms with E-state index in [1.807, 2.05) is 38.1 Å². The standard InChI is InChI=1S/C12H13NOS/c1-4-9-6-5-7-10-11(9)15-12(13-10)14-8(2)3/h4-8H,1H2,2-3H3. The molecule has 0 aliphatic heterocycles. The molecule has 3 heteroatoms. The molecule has 0 saturated carbocycles. The number of hydrogen-bond acceptors (Lipinski definition) is 3. The molecule has 1 aromatic carbocycles. The first-order chi connectivity index (χ1) is 7.20. The van der Waals surface area contributed by atoms with Crippen molar-refractivity contribution in [3.8, 4) is 5.19 Å². The van der Waals surface area contributed by atoms with E-state index in [0.717, 1.165) is 21.0 Å². The molecule has 0 bridgehead atoms. The van der Waals surface area contributed by atoms with Crippen LogP contribution in [0.5, 0.6) is 5.19 Å². The van der Waals surface area contributed by atoms with Crippen molar-refractivity contribution in [3.63, 3.8) is 0 Å². The molecule has 2 nitrogen and oxygen atoms in total. The predicted molar refractivity (Wildman–Crippen MR) is 65.5 cm³/mol. The van der Waals surface area contributed by atoms with Crippen molar-refractivity contribution in [2.24, 2.45) is 0 Å². The monoisotopic (exact) mass is 219 g/mol. The summed E-state index contributed by atoms with van der Waals surface area (Å²) in [5.41, 5.74) is 2.09. The molecule has 0 spiro atoms. The average Bonchev–Trinajstić information content (AvgIpc) is 2.58. The van der Waals surface area contributed by atoms with E-state index in [-0.39, 0.29) is 6.10 Å². The Morgan fingerprint density at radius 1 is 1.47 bits per heavy atom. The van der Waals surface area contributed by atoms with Crippen molar-refractivity contribution in [1.29, 1.82) is 0 Å². The van der Waals surface area contributed by atoms with Crippen LogP contribution < -0.4 is 4.74 Å². The van der Waals surface area contributed by atoms with Gasteiger partial charge in [0.2, 0.25) is 0 Å². The zero-order valence-corrected chi connectivity index (χ0v) is 9.67. The minimum absolute atomic E-state index is 0.165. The number of thiazole rings is 1. The van der Waals surface area contributed by atoms with Crippen LogP contribution in [0.1, 0.15) is 19.4 Å². The Hall–Kier alpha value is -1.35. The minimum Gasteiger partial charge on any atom is -0.467 e. The summed E-state index contributed by atoms with van der Waals surface area (Å²) in [5, 5.41) is 0.731. The predicted octanol–water partition coefficient (Wildman–Crippen LogP) is 3.73. The third-order valence-electron chi connectivity index (χ3n) is 1.98. The third kappa shape index (κ3) is 2.02. The second kappa shape index (κ2) is 4.03. The third-order valence-corrected chi connectivity index (χ3v) is 2.99. The molecule has 0 radical (unpaired) electrons. The highest BCUT2D eigenvalue weighted by atomic mass is 32.1. The molecule has 0 saturated heterocycles. The van der Waals surface area contributed by atoms with Crippen molar-refractivity contribution < 1.29 is 4.74 Å². The van der Waals surface area contributed by atoms with Crippen LogP contribution in [0.15, 0.2) is 24.8 Å². The molecule has 0 N–H and O–H groups in total. The lowest BCUT2D eigenvalue weighted by atomic mass is 10.2. The Labute approximate surface area is 93.2 Å². The summed E-state index contributed by atoms with van der Waals surface area (Å²) in [5.74, 6) is 0. The highest BCUT2D eigenvalue weighted by Gasteiger charge is 2.07. The lowest BCUT2D eigenvalue weighted by Crippen LogP contribution is -2.04. The molecule has 0 aliphatic rings. The minimum atomic E-state index is 0.165. The van der Waals surface area contributed by atoms with Crippen LogP contribution in [0.25, 0.3) is 16.3 Å². The Morgan fingerprint density at radius 3 is 2.93 bits per heavy atom. The number of benzene rings is 1. The topological polar surface area (TPSA) is 22.1 Å². The number of rotatable bonds is 3. The zero-order valence-electron chi connectivity index (χ0n) is 8.86. The highest BCUT2D eigenvalue weighted by Crippen LogP contribution is 2.31. The molecule has 0 fully saturated rings. The normalized spacial score (nSPS) is 10.9. The number of hydrogen-bond donors (Lipinski definition) is 0. The first-order valence-electron chi connectivity index (χ1n) is 4.89. The van der Waals surface area contributed by atoms with Crippen LogP contribution in [0.3, 0.4) is 0 Å². The summed E-state index contributed by atoms with van der Waals surface area (Å²) in [4.78, 5) is 4.41. The van der Waals surface area contributed by atoms with Gasteiger partial charge >= 0.3 is 0 Å². The maximum absolute atomic E-state index is 5.57. The Balaban J connectivity index is 2.50. The number of ether oxygens (including phenoxy) is 1. The van der Waals surface area contributed by atoms with Gasteiger partial charge in [-0.1, -0.05) is 36.1 Å². The van der Waals surface area contributed by atoms with E-state index in [1.54, 1.807) is 11.3 Å². The smallest absolute Gasteiger partial charge is 0.274 e. The maximum Gasteiger partial charge on any atom is 0.274 e. The van der Waals surface area contributed by atoms with Crippen molar-refractivity contribution in [2.75, 3.05) is 0 Å². The second-order valence-corrected chi connectivity index (χ2v) is 4.51. The molecule has 0 unspecified atom stereocenters. The quantitative estimate of drug-likeness (QED) is 0.784. The largest absolute Gasteiger partial charge is 0.467 e. The summed E-state index contributed by atoms with van der Waals surface area (Å²) in [6, 6.07) is 6.01. The summed E-state index contributed by atoms with van der Waals surface area (Å²) >= 11 is 1.57. The van der Waals surface area contributed by atoms with Crippen molar-refractivity contribution >= 4 is 27.6 Å². The summed E-state index contributed by atoms with van der Waals surface area (Å²) in [7, 11) is 0. The lowest BCUT2D eigenvalue weighted by molar-refractivity contribution is 0.242. The van der Waals surface area contributed by atoms with E-state index < -0.39 is 0 Å². The van der Waals surface area contributed by atoms with Gasteiger partial charge in [0.25, 0.3) is 5.19 Å². The highest BCUT2D eigenvalue weighted by molar-refractivity contribution is 7.20. The number of aromatic nitrogens is 1. The van der Waals surface area contributed by atoms with Crippen molar-refractivity contribution in [3.05, 3.63) is 30.3 Å². The van der Waals surface area contributed by atoms with Crippen molar-refractivity contribution in [1.82, 2.24) is 4.98 Å². The van der Waals surface area contributed by atoms with E-state index >= 15 is 0 Å². The van der Waals surface area contributed by atoms with Crippen LogP contribution >= 0.6 is 11.3 Å². The van der Waals surface area contributed by atoms with Crippen molar-refractivity contribution in [2.45, 2.75) is 20.0 Å². The van der Waals surface area contributed by atoms with Crippen LogP contribution in [0.4, 0.5) is 0 Å². The van der Waals surface area contributed by atoms with Gasteiger partial charge in [0.15, 0.2) is 0 Å². The Kier molecular flexibility index (Phi) is 2.73. The lowest BCUT2D eigenvalue weighted by Gasteiger charge is -2.03. The fraction of sp³-hybridized carbons (Fsp3) is 0.250. The molecule has 1 aromatic heterocycles. The van der Waals surface area contributed by atoms with E-state index in [4.69, 9.17) is 4.74 Å². The molecule has 78 valence electrons. The summed E-state index contributed by atoms with van der Waals surface area (Å²) in [6.45, 7) is 7.79. The Morgan fingerprint density at radius 2 is 2.27 bits per heavy atom. The molecule has 2 aromatic rings. The van der Waals surface area contributed by atoms with E-state index in [9.17, 15) is 0 Å². The second-order valence-electron chi connectivity index (χ2n) is 3.55. The summed E-state index contributed by atoms with van der Waals surface area (Å²) in [6.07, 6.45) is 2.01.